The maximum absolute atomic E-state index is 12.1. The van der Waals surface area contributed by atoms with E-state index in [1.54, 1.807) is 0 Å². The summed E-state index contributed by atoms with van der Waals surface area (Å²) >= 11 is 0. The molecule has 36 heavy (non-hydrogen) atoms. The fourth-order valence-corrected chi connectivity index (χ4v) is 6.12. The van der Waals surface area contributed by atoms with Gasteiger partial charge in [-0.2, -0.15) is 25.3 Å². The highest BCUT2D eigenvalue weighted by Crippen LogP contribution is 2.45. The summed E-state index contributed by atoms with van der Waals surface area (Å²) in [5, 5.41) is -0.785. The van der Waals surface area contributed by atoms with E-state index in [1.807, 2.05) is 13.8 Å². The van der Waals surface area contributed by atoms with Crippen molar-refractivity contribution in [3.05, 3.63) is 36.4 Å². The van der Waals surface area contributed by atoms with Gasteiger partial charge >= 0.3 is 8.60 Å². The molecule has 0 spiro atoms. The predicted molar refractivity (Wildman–Crippen MR) is 129 cm³/mol. The molecule has 0 atom stereocenters. The Bertz CT molecular complexity index is 1730. The van der Waals surface area contributed by atoms with Gasteiger partial charge in [0.05, 0.1) is 0 Å². The standard InChI is InChI=1S/C17H13O13PS3.C2H6/c18-31(19)30-7-29-12-5-13(32(20,21)22)9-3-4-11-15(34(26,27)28)6-14(33(23,24)25)10-2-1-8(12)16(9)17(10)11;1-2/h1-6,18-19H,7H2,(H,20,21,22)(H,23,24,25)(H,26,27,28);1-2H3. The van der Waals surface area contributed by atoms with E-state index in [0.29, 0.717) is 6.07 Å². The second-order valence-corrected chi connectivity index (χ2v) is 11.8. The normalized spacial score (nSPS) is 12.9. The molecule has 0 saturated carbocycles. The third kappa shape index (κ3) is 5.24. The van der Waals surface area contributed by atoms with Crippen molar-refractivity contribution in [2.75, 3.05) is 6.79 Å². The van der Waals surface area contributed by atoms with Crippen molar-refractivity contribution < 1.29 is 58.0 Å². The van der Waals surface area contributed by atoms with E-state index >= 15 is 0 Å². The highest BCUT2D eigenvalue weighted by Gasteiger charge is 2.28. The summed E-state index contributed by atoms with van der Waals surface area (Å²) in [5.41, 5.74) is 0. The second kappa shape index (κ2) is 9.90. The van der Waals surface area contributed by atoms with Gasteiger partial charge in [-0.3, -0.25) is 18.2 Å². The molecule has 0 aliphatic carbocycles. The molecule has 0 aliphatic rings. The maximum atomic E-state index is 12.1. The molecule has 0 bridgehead atoms. The SMILES string of the molecule is CC.O=S(=O)(O)c1cc(OCOP(O)O)c2ccc3c(S(=O)(=O)O)cc(S(=O)(=O)O)c4ccc1c2c34. The van der Waals surface area contributed by atoms with Crippen LogP contribution < -0.4 is 4.74 Å². The van der Waals surface area contributed by atoms with Crippen molar-refractivity contribution in [2.45, 2.75) is 28.5 Å². The number of hydrogen-bond donors (Lipinski definition) is 5. The van der Waals surface area contributed by atoms with Crippen molar-refractivity contribution in [3.8, 4) is 5.75 Å². The minimum atomic E-state index is -5.03. The van der Waals surface area contributed by atoms with Gasteiger partial charge in [-0.1, -0.05) is 32.0 Å². The summed E-state index contributed by atoms with van der Waals surface area (Å²) in [6.07, 6.45) is 0. The quantitative estimate of drug-likeness (QED) is 0.0916. The topological polar surface area (TPSA) is 222 Å². The first kappa shape index (κ1) is 28.3. The molecule has 0 aliphatic heterocycles. The molecule has 5 N–H and O–H groups in total. The van der Waals surface area contributed by atoms with E-state index in [0.717, 1.165) is 18.2 Å². The van der Waals surface area contributed by atoms with Gasteiger partial charge in [-0.25, -0.2) is 0 Å². The number of rotatable bonds is 7. The molecule has 0 heterocycles. The van der Waals surface area contributed by atoms with Gasteiger partial charge in [-0.05, 0) is 12.1 Å². The van der Waals surface area contributed by atoms with Crippen LogP contribution in [0.4, 0.5) is 0 Å². The third-order valence-electron chi connectivity index (χ3n) is 4.96. The summed E-state index contributed by atoms with van der Waals surface area (Å²) in [7, 11) is -17.8. The van der Waals surface area contributed by atoms with Gasteiger partial charge in [0.25, 0.3) is 30.4 Å². The molecule has 13 nitrogen and oxygen atoms in total. The van der Waals surface area contributed by atoms with Gasteiger partial charge in [0.1, 0.15) is 20.4 Å². The lowest BCUT2D eigenvalue weighted by Gasteiger charge is -2.18. The van der Waals surface area contributed by atoms with E-state index in [-0.39, 0.29) is 38.1 Å². The van der Waals surface area contributed by atoms with Crippen LogP contribution in [0.1, 0.15) is 13.8 Å². The first-order valence-corrected chi connectivity index (χ1v) is 15.2. The lowest BCUT2D eigenvalue weighted by Crippen LogP contribution is -2.07. The second-order valence-electron chi connectivity index (χ2n) is 6.89. The van der Waals surface area contributed by atoms with Crippen LogP contribution in [0.2, 0.25) is 0 Å². The minimum Gasteiger partial charge on any atom is -0.466 e. The van der Waals surface area contributed by atoms with Crippen LogP contribution in [-0.4, -0.2) is 55.5 Å². The van der Waals surface area contributed by atoms with E-state index < -0.39 is 60.4 Å². The lowest BCUT2D eigenvalue weighted by atomic mass is 9.93. The van der Waals surface area contributed by atoms with E-state index in [2.05, 4.69) is 4.52 Å². The van der Waals surface area contributed by atoms with Crippen LogP contribution in [0.25, 0.3) is 32.3 Å². The van der Waals surface area contributed by atoms with Crippen molar-refractivity contribution in [1.82, 2.24) is 0 Å². The molecule has 4 rings (SSSR count). The summed E-state index contributed by atoms with van der Waals surface area (Å²) in [6.45, 7) is 3.24. The van der Waals surface area contributed by atoms with Crippen LogP contribution in [0.15, 0.2) is 51.1 Å². The molecule has 196 valence electrons. The van der Waals surface area contributed by atoms with Gasteiger partial charge in [0, 0.05) is 38.4 Å². The highest BCUT2D eigenvalue weighted by atomic mass is 32.2. The Balaban J connectivity index is 0.00000176. The van der Waals surface area contributed by atoms with Crippen LogP contribution in [0.5, 0.6) is 5.75 Å². The van der Waals surface area contributed by atoms with Crippen LogP contribution in [0, 0.1) is 0 Å². The molecule has 0 fully saturated rings. The molecule has 0 radical (unpaired) electrons. The Kier molecular flexibility index (Phi) is 7.80. The van der Waals surface area contributed by atoms with Crippen molar-refractivity contribution in [3.63, 3.8) is 0 Å². The number of ether oxygens (including phenoxy) is 1. The average Bonchev–Trinajstić information content (AvgIpc) is 2.76. The molecule has 0 aromatic heterocycles. The number of hydrogen-bond acceptors (Lipinski definition) is 10. The molecule has 4 aromatic rings. The Morgan fingerprint density at radius 1 is 0.667 bits per heavy atom. The Hall–Kier alpha value is -2.24. The largest absolute Gasteiger partial charge is 0.466 e. The molecule has 0 amide bonds. The summed E-state index contributed by atoms with van der Waals surface area (Å²) in [4.78, 5) is 15.3. The van der Waals surface area contributed by atoms with Gasteiger partial charge in [-0.15, -0.1) is 0 Å². The highest BCUT2D eigenvalue weighted by molar-refractivity contribution is 7.87. The summed E-state index contributed by atoms with van der Waals surface area (Å²) in [5.74, 6) is -0.267. The third-order valence-corrected chi connectivity index (χ3v) is 7.98. The van der Waals surface area contributed by atoms with Crippen molar-refractivity contribution in [1.29, 1.82) is 0 Å². The molecule has 0 saturated heterocycles. The maximum Gasteiger partial charge on any atom is 0.330 e. The van der Waals surface area contributed by atoms with Crippen LogP contribution >= 0.6 is 8.60 Å². The average molecular weight is 583 g/mol. The van der Waals surface area contributed by atoms with Crippen molar-refractivity contribution >= 4 is 71.3 Å². The summed E-state index contributed by atoms with van der Waals surface area (Å²) in [6, 6.07) is 6.17. The Labute approximate surface area is 206 Å². The van der Waals surface area contributed by atoms with E-state index in [1.165, 1.54) is 12.1 Å². The number of benzene rings is 4. The fourth-order valence-electron chi connectivity index (χ4n) is 3.76. The van der Waals surface area contributed by atoms with Gasteiger partial charge in [0.15, 0.2) is 6.79 Å². The zero-order chi connectivity index (χ0) is 27.2. The first-order chi connectivity index (χ1) is 16.6. The van der Waals surface area contributed by atoms with E-state index in [4.69, 9.17) is 14.5 Å². The Morgan fingerprint density at radius 2 is 1.03 bits per heavy atom. The molecule has 0 unspecified atom stereocenters. The lowest BCUT2D eigenvalue weighted by molar-refractivity contribution is 0.106. The minimum absolute atomic E-state index is 0.0816. The van der Waals surface area contributed by atoms with Gasteiger partial charge < -0.3 is 14.5 Å². The first-order valence-electron chi connectivity index (χ1n) is 9.75. The molecular formula is C19H19O13PS3. The monoisotopic (exact) mass is 582 g/mol. The molecule has 4 aromatic carbocycles. The predicted octanol–water partition coefficient (Wildman–Crippen LogP) is 2.91. The van der Waals surface area contributed by atoms with Gasteiger partial charge in [0.2, 0.25) is 0 Å². The van der Waals surface area contributed by atoms with Crippen LogP contribution in [-0.2, 0) is 34.9 Å². The van der Waals surface area contributed by atoms with E-state index in [9.17, 15) is 38.9 Å². The zero-order valence-corrected chi connectivity index (χ0v) is 21.7. The summed E-state index contributed by atoms with van der Waals surface area (Å²) < 4.78 is 111. The smallest absolute Gasteiger partial charge is 0.330 e. The Morgan fingerprint density at radius 3 is 1.42 bits per heavy atom. The fraction of sp³-hybridized carbons (Fsp3) is 0.158. The molecule has 17 heteroatoms. The zero-order valence-electron chi connectivity index (χ0n) is 18.3. The van der Waals surface area contributed by atoms with Crippen LogP contribution in [0.3, 0.4) is 0 Å². The molecular weight excluding hydrogens is 563 g/mol. The van der Waals surface area contributed by atoms with Crippen molar-refractivity contribution in [2.24, 2.45) is 0 Å².